The molecule has 0 aliphatic heterocycles. The van der Waals surface area contributed by atoms with E-state index in [4.69, 9.17) is 0 Å². The molecule has 0 heterocycles. The van der Waals surface area contributed by atoms with Crippen LogP contribution < -0.4 is 0 Å². The number of hydrogen-bond acceptors (Lipinski definition) is 0. The maximum atomic E-state index is 3.64. The molecule has 0 unspecified atom stereocenters. The van der Waals surface area contributed by atoms with Gasteiger partial charge in [-0.2, -0.15) is 33.4 Å². The van der Waals surface area contributed by atoms with Crippen LogP contribution in [-0.4, -0.2) is 0 Å². The SMILES string of the molecule is Cc1c(C)c(C)[c-](C)c1C.[C-]1=C(CCc2ccccc2)c2c(ccc3c2CCC3)C1.[CH3-].[CH3-].[Hf+4]. The minimum atomic E-state index is 0. The van der Waals surface area contributed by atoms with Gasteiger partial charge in [0.25, 0.3) is 0 Å². The van der Waals surface area contributed by atoms with Gasteiger partial charge in [0.1, 0.15) is 0 Å². The summed E-state index contributed by atoms with van der Waals surface area (Å²) in [6, 6.07) is 15.5. The Morgan fingerprint density at radius 1 is 0.788 bits per heavy atom. The van der Waals surface area contributed by atoms with Crippen LogP contribution in [0.15, 0.2) is 42.5 Å². The van der Waals surface area contributed by atoms with Gasteiger partial charge in [-0.3, -0.25) is 6.08 Å². The molecule has 3 aromatic carbocycles. The molecule has 0 saturated heterocycles. The Kier molecular flexibility index (Phi) is 11.4. The number of aryl methyl sites for hydroxylation is 2. The molecular weight excluding hydrogens is 563 g/mol. The molecule has 2 aliphatic rings. The number of benzene rings is 2. The molecule has 1 heteroatoms. The Morgan fingerprint density at radius 3 is 1.97 bits per heavy atom. The number of allylic oxidation sites excluding steroid dienone is 2. The first-order chi connectivity index (χ1) is 14.5. The third-order valence-corrected chi connectivity index (χ3v) is 7.48. The summed E-state index contributed by atoms with van der Waals surface area (Å²) in [5, 5.41) is 0. The summed E-state index contributed by atoms with van der Waals surface area (Å²) in [6.45, 7) is 11.0. The number of rotatable bonds is 3. The summed E-state index contributed by atoms with van der Waals surface area (Å²) >= 11 is 0. The van der Waals surface area contributed by atoms with E-state index in [-0.39, 0.29) is 40.7 Å². The quantitative estimate of drug-likeness (QED) is 0.209. The topological polar surface area (TPSA) is 0 Å². The van der Waals surface area contributed by atoms with Gasteiger partial charge in [-0.25, -0.2) is 5.57 Å². The van der Waals surface area contributed by atoms with Gasteiger partial charge in [-0.1, -0.05) is 89.1 Å². The van der Waals surface area contributed by atoms with Crippen molar-refractivity contribution < 1.29 is 25.8 Å². The predicted molar refractivity (Wildman–Crippen MR) is 142 cm³/mol. The Balaban J connectivity index is 0.000000364. The second-order valence-corrected chi connectivity index (χ2v) is 9.03. The second kappa shape index (κ2) is 12.7. The van der Waals surface area contributed by atoms with E-state index in [2.05, 4.69) is 83.2 Å². The minimum Gasteiger partial charge on any atom is -0.358 e. The molecule has 0 radical (unpaired) electrons. The molecule has 0 aromatic heterocycles. The van der Waals surface area contributed by atoms with Crippen molar-refractivity contribution in [2.75, 3.05) is 0 Å². The van der Waals surface area contributed by atoms with Gasteiger partial charge in [-0.05, 0) is 31.2 Å². The van der Waals surface area contributed by atoms with Gasteiger partial charge in [0, 0.05) is 0 Å². The van der Waals surface area contributed by atoms with Crippen molar-refractivity contribution in [1.82, 2.24) is 0 Å². The molecular formula is C32H40Hf. The van der Waals surface area contributed by atoms with Crippen molar-refractivity contribution in [3.63, 3.8) is 0 Å². The van der Waals surface area contributed by atoms with E-state index < -0.39 is 0 Å². The predicted octanol–water partition coefficient (Wildman–Crippen LogP) is 8.40. The first kappa shape index (κ1) is 29.4. The fourth-order valence-electron chi connectivity index (χ4n) is 5.06. The van der Waals surface area contributed by atoms with Gasteiger partial charge < -0.3 is 14.9 Å². The molecule has 0 nitrogen and oxygen atoms in total. The van der Waals surface area contributed by atoms with Crippen molar-refractivity contribution in [3.05, 3.63) is 119 Å². The van der Waals surface area contributed by atoms with Crippen LogP contribution in [0.2, 0.25) is 0 Å². The van der Waals surface area contributed by atoms with Gasteiger partial charge >= 0.3 is 25.8 Å². The fraction of sp³-hybridized carbons (Fsp3) is 0.344. The second-order valence-electron chi connectivity index (χ2n) is 9.03. The third-order valence-electron chi connectivity index (χ3n) is 7.48. The smallest absolute Gasteiger partial charge is 0.358 e. The van der Waals surface area contributed by atoms with Crippen molar-refractivity contribution in [2.24, 2.45) is 0 Å². The molecule has 0 N–H and O–H groups in total. The van der Waals surface area contributed by atoms with E-state index in [1.807, 2.05) is 0 Å². The first-order valence-electron chi connectivity index (χ1n) is 11.4. The van der Waals surface area contributed by atoms with E-state index in [1.165, 1.54) is 63.8 Å². The van der Waals surface area contributed by atoms with Crippen LogP contribution >= 0.6 is 0 Å². The summed E-state index contributed by atoms with van der Waals surface area (Å²) in [7, 11) is 0. The Morgan fingerprint density at radius 2 is 1.39 bits per heavy atom. The zero-order valence-corrected chi connectivity index (χ0v) is 25.4. The summed E-state index contributed by atoms with van der Waals surface area (Å²) < 4.78 is 0. The van der Waals surface area contributed by atoms with E-state index in [0.29, 0.717) is 0 Å². The van der Waals surface area contributed by atoms with Crippen LogP contribution in [0.4, 0.5) is 0 Å². The van der Waals surface area contributed by atoms with Crippen LogP contribution in [0.5, 0.6) is 0 Å². The van der Waals surface area contributed by atoms with Gasteiger partial charge in [-0.15, -0.1) is 17.5 Å². The van der Waals surface area contributed by atoms with Crippen molar-refractivity contribution >= 4 is 5.57 Å². The largest absolute Gasteiger partial charge is 4.00 e. The summed E-state index contributed by atoms with van der Waals surface area (Å²) in [5.74, 6) is 0. The summed E-state index contributed by atoms with van der Waals surface area (Å²) in [6.07, 6.45) is 10.8. The molecule has 0 fully saturated rings. The van der Waals surface area contributed by atoms with Crippen molar-refractivity contribution in [3.8, 4) is 0 Å². The van der Waals surface area contributed by atoms with Crippen LogP contribution in [0.25, 0.3) is 5.57 Å². The molecule has 172 valence electrons. The maximum Gasteiger partial charge on any atom is 4.00 e. The third kappa shape index (κ3) is 6.10. The van der Waals surface area contributed by atoms with Crippen molar-refractivity contribution in [2.45, 2.75) is 73.1 Å². The van der Waals surface area contributed by atoms with Crippen LogP contribution in [0, 0.1) is 55.5 Å². The van der Waals surface area contributed by atoms with Gasteiger partial charge in [0.15, 0.2) is 0 Å². The number of hydrogen-bond donors (Lipinski definition) is 0. The standard InChI is InChI=1S/C20H19.C10H15.2CH3.Hf/c1-2-5-15(6-3-1)9-10-17-13-14-18-12-11-16-7-4-8-19(16)20(17)18;1-6-7(2)9(4)10(5)8(6)3;;;/h1-3,5-6,11-12H,4,7-10,14H2;1-5H3;2*1H3;/q4*-1;+4. The zero-order valence-electron chi connectivity index (χ0n) is 21.8. The molecule has 0 spiro atoms. The number of fused-ring (bicyclic) bond motifs is 3. The summed E-state index contributed by atoms with van der Waals surface area (Å²) in [4.78, 5) is 0. The molecule has 0 atom stereocenters. The molecule has 5 rings (SSSR count). The van der Waals surface area contributed by atoms with E-state index in [0.717, 1.165) is 19.3 Å². The zero-order chi connectivity index (χ0) is 21.3. The molecule has 0 saturated carbocycles. The Bertz CT molecular complexity index is 999. The maximum absolute atomic E-state index is 3.64. The van der Waals surface area contributed by atoms with Crippen LogP contribution in [0.3, 0.4) is 0 Å². The van der Waals surface area contributed by atoms with Crippen molar-refractivity contribution in [1.29, 1.82) is 0 Å². The molecule has 33 heavy (non-hydrogen) atoms. The van der Waals surface area contributed by atoms with Gasteiger partial charge in [0.05, 0.1) is 0 Å². The average molecular weight is 603 g/mol. The Hall–Kier alpha value is -1.60. The normalized spacial score (nSPS) is 12.8. The average Bonchev–Trinajstić information content (AvgIpc) is 3.45. The first-order valence-corrected chi connectivity index (χ1v) is 11.4. The Labute approximate surface area is 222 Å². The summed E-state index contributed by atoms with van der Waals surface area (Å²) in [5.41, 5.74) is 16.5. The minimum absolute atomic E-state index is 0. The van der Waals surface area contributed by atoms with E-state index in [1.54, 1.807) is 16.7 Å². The monoisotopic (exact) mass is 604 g/mol. The molecule has 0 bridgehead atoms. The van der Waals surface area contributed by atoms with Gasteiger partial charge in [0.2, 0.25) is 0 Å². The van der Waals surface area contributed by atoms with Crippen LogP contribution in [0.1, 0.15) is 68.5 Å². The van der Waals surface area contributed by atoms with E-state index in [9.17, 15) is 0 Å². The molecule has 3 aromatic rings. The van der Waals surface area contributed by atoms with E-state index >= 15 is 0 Å². The molecule has 0 amide bonds. The van der Waals surface area contributed by atoms with Crippen LogP contribution in [-0.2, 0) is 51.5 Å². The molecule has 2 aliphatic carbocycles. The fourth-order valence-corrected chi connectivity index (χ4v) is 5.06.